The van der Waals surface area contributed by atoms with Crippen molar-refractivity contribution in [2.75, 3.05) is 7.05 Å². The summed E-state index contributed by atoms with van der Waals surface area (Å²) in [6.07, 6.45) is 1.86. The van der Waals surface area contributed by atoms with Crippen LogP contribution in [0.1, 0.15) is 28.4 Å². The van der Waals surface area contributed by atoms with Gasteiger partial charge in [-0.1, -0.05) is 6.07 Å². The van der Waals surface area contributed by atoms with Crippen LogP contribution in [0, 0.1) is 19.7 Å². The zero-order valence-electron chi connectivity index (χ0n) is 11.2. The van der Waals surface area contributed by atoms with Gasteiger partial charge in [0, 0.05) is 18.3 Å². The van der Waals surface area contributed by atoms with Crippen LogP contribution in [0.3, 0.4) is 0 Å². The van der Waals surface area contributed by atoms with Crippen molar-refractivity contribution in [3.05, 3.63) is 52.6 Å². The molecule has 1 atom stereocenters. The van der Waals surface area contributed by atoms with Crippen molar-refractivity contribution < 1.29 is 4.39 Å². The molecule has 0 saturated carbocycles. The van der Waals surface area contributed by atoms with Crippen LogP contribution in [0.15, 0.2) is 24.4 Å². The predicted molar refractivity (Wildman–Crippen MR) is 70.0 cm³/mol. The highest BCUT2D eigenvalue weighted by Crippen LogP contribution is 2.26. The second kappa shape index (κ2) is 4.90. The molecule has 18 heavy (non-hydrogen) atoms. The molecule has 4 heteroatoms. The summed E-state index contributed by atoms with van der Waals surface area (Å²) < 4.78 is 15.0. The van der Waals surface area contributed by atoms with E-state index in [1.54, 1.807) is 6.07 Å². The summed E-state index contributed by atoms with van der Waals surface area (Å²) in [6.45, 7) is 3.96. The molecule has 0 aliphatic rings. The Morgan fingerprint density at radius 2 is 2.00 bits per heavy atom. The van der Waals surface area contributed by atoms with E-state index in [2.05, 4.69) is 10.4 Å². The Labute approximate surface area is 107 Å². The molecule has 1 unspecified atom stereocenters. The molecule has 0 amide bonds. The molecule has 2 aromatic rings. The van der Waals surface area contributed by atoms with Gasteiger partial charge in [-0.15, -0.1) is 0 Å². The Morgan fingerprint density at radius 3 is 2.50 bits per heavy atom. The molecule has 0 saturated heterocycles. The summed E-state index contributed by atoms with van der Waals surface area (Å²) in [5, 5.41) is 7.53. The molecule has 0 radical (unpaired) electrons. The minimum atomic E-state index is -0.200. The van der Waals surface area contributed by atoms with Gasteiger partial charge in [-0.2, -0.15) is 5.10 Å². The van der Waals surface area contributed by atoms with Crippen molar-refractivity contribution in [1.29, 1.82) is 0 Å². The zero-order valence-corrected chi connectivity index (χ0v) is 11.2. The molecule has 96 valence electrons. The van der Waals surface area contributed by atoms with Crippen LogP contribution < -0.4 is 5.32 Å². The van der Waals surface area contributed by atoms with Crippen molar-refractivity contribution in [3.63, 3.8) is 0 Å². The highest BCUT2D eigenvalue weighted by Gasteiger charge is 2.18. The lowest BCUT2D eigenvalue weighted by atomic mass is 9.95. The fraction of sp³-hybridized carbons (Fsp3) is 0.357. The number of hydrogen-bond donors (Lipinski definition) is 1. The number of benzene rings is 1. The van der Waals surface area contributed by atoms with Gasteiger partial charge in [-0.3, -0.25) is 4.68 Å². The number of nitrogens with zero attached hydrogens (tertiary/aromatic N) is 2. The maximum Gasteiger partial charge on any atom is 0.123 e. The molecule has 2 rings (SSSR count). The standard InChI is InChI=1S/C14H18FN3/c1-9-7-11(15)5-6-12(9)14(16-3)13-8-17-18(4)10(13)2/h5-8,14,16H,1-4H3. The van der Waals surface area contributed by atoms with Crippen molar-refractivity contribution >= 4 is 0 Å². The van der Waals surface area contributed by atoms with Crippen LogP contribution in [0.2, 0.25) is 0 Å². The van der Waals surface area contributed by atoms with Gasteiger partial charge >= 0.3 is 0 Å². The molecule has 0 aliphatic carbocycles. The Hall–Kier alpha value is -1.68. The van der Waals surface area contributed by atoms with Gasteiger partial charge in [0.2, 0.25) is 0 Å². The molecule has 1 N–H and O–H groups in total. The van der Waals surface area contributed by atoms with Crippen LogP contribution in [0.4, 0.5) is 4.39 Å². The SMILES string of the molecule is CNC(c1ccc(F)cc1C)c1cnn(C)c1C. The van der Waals surface area contributed by atoms with E-state index in [1.165, 1.54) is 6.07 Å². The quantitative estimate of drug-likeness (QED) is 0.903. The Bertz CT molecular complexity index is 560. The zero-order chi connectivity index (χ0) is 13.3. The minimum Gasteiger partial charge on any atom is -0.309 e. The summed E-state index contributed by atoms with van der Waals surface area (Å²) in [4.78, 5) is 0. The van der Waals surface area contributed by atoms with Crippen LogP contribution in [-0.2, 0) is 7.05 Å². The van der Waals surface area contributed by atoms with Crippen LogP contribution in [0.5, 0.6) is 0 Å². The number of nitrogens with one attached hydrogen (secondary N) is 1. The number of aromatic nitrogens is 2. The molecular formula is C14H18FN3. The third-order valence-corrected chi connectivity index (χ3v) is 3.42. The van der Waals surface area contributed by atoms with E-state index in [0.717, 1.165) is 22.4 Å². The maximum atomic E-state index is 13.2. The van der Waals surface area contributed by atoms with E-state index < -0.39 is 0 Å². The number of aryl methyl sites for hydroxylation is 2. The fourth-order valence-corrected chi connectivity index (χ4v) is 2.24. The van der Waals surface area contributed by atoms with Gasteiger partial charge in [0.25, 0.3) is 0 Å². The summed E-state index contributed by atoms with van der Waals surface area (Å²) >= 11 is 0. The lowest BCUT2D eigenvalue weighted by molar-refractivity contribution is 0.620. The van der Waals surface area contributed by atoms with Crippen molar-refractivity contribution in [2.24, 2.45) is 7.05 Å². The second-order valence-electron chi connectivity index (χ2n) is 4.53. The lowest BCUT2D eigenvalue weighted by Crippen LogP contribution is -2.19. The van der Waals surface area contributed by atoms with Crippen molar-refractivity contribution in [1.82, 2.24) is 15.1 Å². The Kier molecular flexibility index (Phi) is 3.48. The normalized spacial score (nSPS) is 12.7. The van der Waals surface area contributed by atoms with Crippen LogP contribution in [-0.4, -0.2) is 16.8 Å². The number of rotatable bonds is 3. The van der Waals surface area contributed by atoms with Crippen molar-refractivity contribution in [2.45, 2.75) is 19.9 Å². The molecule has 0 spiro atoms. The highest BCUT2D eigenvalue weighted by molar-refractivity contribution is 5.37. The predicted octanol–water partition coefficient (Wildman–Crippen LogP) is 2.48. The molecule has 1 aromatic heterocycles. The average molecular weight is 247 g/mol. The molecule has 0 fully saturated rings. The van der Waals surface area contributed by atoms with Crippen molar-refractivity contribution in [3.8, 4) is 0 Å². The first-order chi connectivity index (χ1) is 8.54. The summed E-state index contributed by atoms with van der Waals surface area (Å²) in [5.74, 6) is -0.200. The van der Waals surface area contributed by atoms with Gasteiger partial charge in [-0.05, 0) is 44.2 Å². The number of halogens is 1. The Balaban J connectivity index is 2.48. The monoisotopic (exact) mass is 247 g/mol. The molecule has 1 aromatic carbocycles. The average Bonchev–Trinajstić information content (AvgIpc) is 2.65. The smallest absolute Gasteiger partial charge is 0.123 e. The molecule has 0 bridgehead atoms. The highest BCUT2D eigenvalue weighted by atomic mass is 19.1. The third kappa shape index (κ3) is 2.16. The van der Waals surface area contributed by atoms with E-state index in [-0.39, 0.29) is 11.9 Å². The van der Waals surface area contributed by atoms with Gasteiger partial charge < -0.3 is 5.32 Å². The Morgan fingerprint density at radius 1 is 1.28 bits per heavy atom. The van der Waals surface area contributed by atoms with E-state index in [1.807, 2.05) is 44.9 Å². The van der Waals surface area contributed by atoms with Crippen LogP contribution >= 0.6 is 0 Å². The maximum absolute atomic E-state index is 13.2. The minimum absolute atomic E-state index is 0.0410. The molecular weight excluding hydrogens is 229 g/mol. The third-order valence-electron chi connectivity index (χ3n) is 3.42. The molecule has 0 aliphatic heterocycles. The van der Waals surface area contributed by atoms with E-state index in [0.29, 0.717) is 0 Å². The van der Waals surface area contributed by atoms with Gasteiger partial charge in [0.1, 0.15) is 5.82 Å². The van der Waals surface area contributed by atoms with Crippen LogP contribution in [0.25, 0.3) is 0 Å². The first-order valence-electron chi connectivity index (χ1n) is 5.96. The van der Waals surface area contributed by atoms with E-state index >= 15 is 0 Å². The van der Waals surface area contributed by atoms with E-state index in [9.17, 15) is 4.39 Å². The molecule has 3 nitrogen and oxygen atoms in total. The first kappa shape index (κ1) is 12.8. The topological polar surface area (TPSA) is 29.9 Å². The second-order valence-corrected chi connectivity index (χ2v) is 4.53. The lowest BCUT2D eigenvalue weighted by Gasteiger charge is -2.19. The summed E-state index contributed by atoms with van der Waals surface area (Å²) in [7, 11) is 3.82. The summed E-state index contributed by atoms with van der Waals surface area (Å²) in [6, 6.07) is 4.93. The largest absolute Gasteiger partial charge is 0.309 e. The first-order valence-corrected chi connectivity index (χ1v) is 5.96. The van der Waals surface area contributed by atoms with E-state index in [4.69, 9.17) is 0 Å². The number of hydrogen-bond acceptors (Lipinski definition) is 2. The van der Waals surface area contributed by atoms with Gasteiger partial charge in [0.15, 0.2) is 0 Å². The summed E-state index contributed by atoms with van der Waals surface area (Å²) in [5.41, 5.74) is 4.25. The molecule has 1 heterocycles. The van der Waals surface area contributed by atoms with Gasteiger partial charge in [0.05, 0.1) is 12.2 Å². The fourth-order valence-electron chi connectivity index (χ4n) is 2.24. The van der Waals surface area contributed by atoms with Gasteiger partial charge in [-0.25, -0.2) is 4.39 Å².